The largest absolute Gasteiger partial charge is 0.550 e. The molecule has 0 saturated heterocycles. The average Bonchev–Trinajstić information content (AvgIpc) is 3.53. The summed E-state index contributed by atoms with van der Waals surface area (Å²) in [5, 5.41) is 14.2. The molecule has 0 radical (unpaired) electrons. The van der Waals surface area contributed by atoms with Gasteiger partial charge in [-0.3, -0.25) is 4.79 Å². The van der Waals surface area contributed by atoms with Crippen LogP contribution in [-0.2, 0) is 9.59 Å². The highest BCUT2D eigenvalue weighted by Gasteiger charge is 2.43. The molecule has 6 nitrogen and oxygen atoms in total. The van der Waals surface area contributed by atoms with Gasteiger partial charge in [-0.1, -0.05) is 30.9 Å². The Kier molecular flexibility index (Phi) is 5.72. The average molecular weight is 414 g/mol. The van der Waals surface area contributed by atoms with Gasteiger partial charge in [0.2, 0.25) is 11.8 Å². The number of hydrogen-bond donors (Lipinski definition) is 1. The monoisotopic (exact) mass is 413 g/mol. The maximum Gasteiger partial charge on any atom is 0.228 e. The number of nitrogens with one attached hydrogen (secondary N) is 1. The molecule has 2 aliphatic rings. The first-order chi connectivity index (χ1) is 14.0. The molecule has 1 aromatic carbocycles. The Balaban J connectivity index is 1.43. The topological polar surface area (TPSA) is 91.3 Å². The van der Waals surface area contributed by atoms with Crippen molar-refractivity contribution in [3.63, 3.8) is 0 Å². The third-order valence-corrected chi connectivity index (χ3v) is 5.90. The van der Waals surface area contributed by atoms with E-state index in [2.05, 4.69) is 10.3 Å². The number of carbonyl (C=O) groups is 2. The van der Waals surface area contributed by atoms with Crippen molar-refractivity contribution in [3.05, 3.63) is 47.1 Å². The lowest BCUT2D eigenvalue weighted by Gasteiger charge is -2.24. The zero-order valence-electron chi connectivity index (χ0n) is 15.9. The van der Waals surface area contributed by atoms with Crippen molar-refractivity contribution >= 4 is 29.2 Å². The van der Waals surface area contributed by atoms with Crippen molar-refractivity contribution in [1.82, 2.24) is 4.98 Å². The van der Waals surface area contributed by atoms with Gasteiger partial charge in [0.25, 0.3) is 0 Å². The molecular weight excluding hydrogens is 392 g/mol. The lowest BCUT2D eigenvalue weighted by Crippen LogP contribution is -2.27. The number of aliphatic carboxylic acids is 1. The highest BCUT2D eigenvalue weighted by atomic mass is 35.5. The van der Waals surface area contributed by atoms with Crippen LogP contribution in [0.1, 0.15) is 50.0 Å². The van der Waals surface area contributed by atoms with Crippen molar-refractivity contribution in [2.75, 3.05) is 5.32 Å². The van der Waals surface area contributed by atoms with Gasteiger partial charge in [-0.2, -0.15) is 0 Å². The first-order valence-corrected chi connectivity index (χ1v) is 10.3. The van der Waals surface area contributed by atoms with Crippen molar-refractivity contribution in [2.24, 2.45) is 11.8 Å². The molecule has 0 unspecified atom stereocenters. The minimum atomic E-state index is -1.18. The summed E-state index contributed by atoms with van der Waals surface area (Å²) in [6, 6.07) is 9.02. The minimum absolute atomic E-state index is 0.323. The molecule has 1 heterocycles. The lowest BCUT2D eigenvalue weighted by atomic mass is 9.84. The normalized spacial score (nSPS) is 21.4. The fraction of sp³-hybridized carbons (Fsp3) is 0.409. The summed E-state index contributed by atoms with van der Waals surface area (Å²) in [5.74, 6) is -1.11. The molecule has 1 aromatic heterocycles. The number of rotatable bonds is 6. The first-order valence-electron chi connectivity index (χ1n) is 9.96. The van der Waals surface area contributed by atoms with Crippen molar-refractivity contribution in [1.29, 1.82) is 0 Å². The van der Waals surface area contributed by atoms with Gasteiger partial charge in [0, 0.05) is 28.9 Å². The van der Waals surface area contributed by atoms with E-state index >= 15 is 0 Å². The molecule has 7 heteroatoms. The number of halogens is 1. The zero-order chi connectivity index (χ0) is 20.4. The van der Waals surface area contributed by atoms with Gasteiger partial charge in [-0.25, -0.2) is 4.98 Å². The number of pyridine rings is 1. The lowest BCUT2D eigenvalue weighted by molar-refractivity contribution is -0.308. The molecule has 0 bridgehead atoms. The van der Waals surface area contributed by atoms with Crippen molar-refractivity contribution in [2.45, 2.75) is 44.4 Å². The second kappa shape index (κ2) is 8.41. The van der Waals surface area contributed by atoms with E-state index < -0.39 is 17.8 Å². The number of amides is 1. The Bertz CT molecular complexity index is 910. The number of carbonyl (C=O) groups excluding carboxylic acids is 2. The van der Waals surface area contributed by atoms with E-state index in [4.69, 9.17) is 16.3 Å². The van der Waals surface area contributed by atoms with E-state index in [0.717, 1.165) is 24.2 Å². The standard InChI is InChI=1S/C22H23ClN2O4/c23-14-6-8-19(16(10-14)13-4-2-1-3-5-13)29-20-9-7-15(12-24-20)25-21(26)17-11-18(17)22(27)28/h6-10,12-13,17-18H,1-5,11H2,(H,25,26)(H,27,28)/p-1/t17-,18-/m0/s1. The van der Waals surface area contributed by atoms with Crippen molar-refractivity contribution in [3.8, 4) is 11.6 Å². The number of carboxylic acids is 1. The Hall–Kier alpha value is -2.60. The number of hydrogen-bond acceptors (Lipinski definition) is 5. The molecule has 152 valence electrons. The molecule has 2 saturated carbocycles. The number of nitrogens with zero attached hydrogens (tertiary/aromatic N) is 1. The van der Waals surface area contributed by atoms with Crippen LogP contribution >= 0.6 is 11.6 Å². The molecule has 29 heavy (non-hydrogen) atoms. The predicted octanol–water partition coefficient (Wildman–Crippen LogP) is 3.90. The number of aromatic nitrogens is 1. The summed E-state index contributed by atoms with van der Waals surface area (Å²) in [6.07, 6.45) is 7.77. The van der Waals surface area contributed by atoms with E-state index in [9.17, 15) is 14.7 Å². The maximum atomic E-state index is 12.0. The Morgan fingerprint density at radius 2 is 1.90 bits per heavy atom. The van der Waals surface area contributed by atoms with Crippen LogP contribution in [-0.4, -0.2) is 16.9 Å². The molecule has 1 N–H and O–H groups in total. The van der Waals surface area contributed by atoms with Crippen LogP contribution in [0, 0.1) is 11.8 Å². The van der Waals surface area contributed by atoms with Crippen molar-refractivity contribution < 1.29 is 19.4 Å². The summed E-state index contributed by atoms with van der Waals surface area (Å²) < 4.78 is 6.02. The summed E-state index contributed by atoms with van der Waals surface area (Å²) in [4.78, 5) is 27.1. The van der Waals surface area contributed by atoms with Gasteiger partial charge < -0.3 is 20.0 Å². The molecular formula is C22H22ClN2O4-. The molecule has 0 aliphatic heterocycles. The van der Waals surface area contributed by atoms with Gasteiger partial charge in [-0.05, 0) is 55.0 Å². The Morgan fingerprint density at radius 1 is 1.10 bits per heavy atom. The first kappa shape index (κ1) is 19.7. The number of benzene rings is 1. The van der Waals surface area contributed by atoms with E-state index in [0.29, 0.717) is 28.9 Å². The third kappa shape index (κ3) is 4.70. The van der Waals surface area contributed by atoms with Gasteiger partial charge in [0.1, 0.15) is 5.75 Å². The highest BCUT2D eigenvalue weighted by Crippen LogP contribution is 2.40. The third-order valence-electron chi connectivity index (χ3n) is 5.67. The number of ether oxygens (including phenoxy) is 1. The van der Waals surface area contributed by atoms with Crippen LogP contribution in [0.4, 0.5) is 5.69 Å². The van der Waals surface area contributed by atoms with Crippen LogP contribution in [0.5, 0.6) is 11.6 Å². The predicted molar refractivity (Wildman–Crippen MR) is 107 cm³/mol. The second-order valence-corrected chi connectivity index (χ2v) is 8.20. The highest BCUT2D eigenvalue weighted by molar-refractivity contribution is 6.30. The molecule has 0 spiro atoms. The molecule has 4 rings (SSSR count). The van der Waals surface area contributed by atoms with Crippen LogP contribution in [0.2, 0.25) is 5.02 Å². The van der Waals surface area contributed by atoms with Gasteiger partial charge in [0.15, 0.2) is 0 Å². The van der Waals surface area contributed by atoms with Crippen LogP contribution in [0.25, 0.3) is 0 Å². The second-order valence-electron chi connectivity index (χ2n) is 7.76. The summed E-state index contributed by atoms with van der Waals surface area (Å²) in [6.45, 7) is 0. The van der Waals surface area contributed by atoms with E-state index in [1.165, 1.54) is 25.5 Å². The zero-order valence-corrected chi connectivity index (χ0v) is 16.7. The maximum absolute atomic E-state index is 12.0. The Labute approximate surface area is 174 Å². The summed E-state index contributed by atoms with van der Waals surface area (Å²) in [7, 11) is 0. The Morgan fingerprint density at radius 3 is 2.55 bits per heavy atom. The summed E-state index contributed by atoms with van der Waals surface area (Å²) >= 11 is 6.22. The van der Waals surface area contributed by atoms with Crippen LogP contribution in [0.15, 0.2) is 36.5 Å². The van der Waals surface area contributed by atoms with E-state index in [1.807, 2.05) is 12.1 Å². The summed E-state index contributed by atoms with van der Waals surface area (Å²) in [5.41, 5.74) is 1.60. The van der Waals surface area contributed by atoms with Gasteiger partial charge in [-0.15, -0.1) is 0 Å². The molecule has 2 fully saturated rings. The minimum Gasteiger partial charge on any atom is -0.550 e. The van der Waals surface area contributed by atoms with Gasteiger partial charge >= 0.3 is 0 Å². The number of anilines is 1. The SMILES string of the molecule is O=C([O-])[C@H]1C[C@@H]1C(=O)Nc1ccc(Oc2ccc(Cl)cc2C2CCCCC2)nc1. The molecule has 2 aromatic rings. The van der Waals surface area contributed by atoms with E-state index in [-0.39, 0.29) is 5.91 Å². The smallest absolute Gasteiger partial charge is 0.228 e. The quantitative estimate of drug-likeness (QED) is 0.775. The molecule has 2 atom stereocenters. The fourth-order valence-corrected chi connectivity index (χ4v) is 4.13. The van der Waals surface area contributed by atoms with Gasteiger partial charge in [0.05, 0.1) is 11.9 Å². The fourth-order valence-electron chi connectivity index (χ4n) is 3.95. The number of carboxylic acid groups (broad SMARTS) is 1. The molecule has 1 amide bonds. The van der Waals surface area contributed by atoms with E-state index in [1.54, 1.807) is 18.2 Å². The molecule has 2 aliphatic carbocycles. The van der Waals surface area contributed by atoms with Crippen LogP contribution < -0.4 is 15.2 Å². The van der Waals surface area contributed by atoms with Crippen LogP contribution in [0.3, 0.4) is 0 Å².